The molecule has 1 aliphatic carbocycles. The van der Waals surface area contributed by atoms with Crippen molar-refractivity contribution < 1.29 is 4.79 Å². The first-order valence-electron chi connectivity index (χ1n) is 6.58. The zero-order chi connectivity index (χ0) is 10.7. The number of likely N-dealkylation sites (tertiary alicyclic amines) is 1. The van der Waals surface area contributed by atoms with E-state index >= 15 is 0 Å². The summed E-state index contributed by atoms with van der Waals surface area (Å²) in [6, 6.07) is 0. The smallest absolute Gasteiger partial charge is 0.225 e. The Morgan fingerprint density at radius 2 is 1.67 bits per heavy atom. The van der Waals surface area contributed by atoms with Crippen LogP contribution in [-0.2, 0) is 4.79 Å². The Balaban J connectivity index is 1.92. The number of amides is 1. The summed E-state index contributed by atoms with van der Waals surface area (Å²) in [6.45, 7) is 4.29. The Hall–Kier alpha value is -0.530. The molecular formula is C13H23NO. The van der Waals surface area contributed by atoms with Crippen molar-refractivity contribution in [2.45, 2.75) is 51.9 Å². The van der Waals surface area contributed by atoms with E-state index in [-0.39, 0.29) is 0 Å². The van der Waals surface area contributed by atoms with Crippen LogP contribution in [0, 0.1) is 11.8 Å². The fraction of sp³-hybridized carbons (Fsp3) is 0.923. The third kappa shape index (κ3) is 2.53. The van der Waals surface area contributed by atoms with Crippen molar-refractivity contribution in [2.24, 2.45) is 11.8 Å². The van der Waals surface area contributed by atoms with Crippen LogP contribution in [-0.4, -0.2) is 23.9 Å². The molecule has 2 heteroatoms. The molecule has 0 radical (unpaired) electrons. The van der Waals surface area contributed by atoms with Crippen LogP contribution in [0.1, 0.15) is 51.9 Å². The predicted octanol–water partition coefficient (Wildman–Crippen LogP) is 2.83. The van der Waals surface area contributed by atoms with Gasteiger partial charge in [-0.1, -0.05) is 19.8 Å². The molecule has 1 saturated heterocycles. The van der Waals surface area contributed by atoms with Gasteiger partial charge in [0, 0.05) is 19.0 Å². The van der Waals surface area contributed by atoms with Gasteiger partial charge in [0.1, 0.15) is 0 Å². The molecule has 2 unspecified atom stereocenters. The average Bonchev–Trinajstić information content (AvgIpc) is 2.30. The molecule has 1 amide bonds. The third-order valence-corrected chi connectivity index (χ3v) is 4.10. The molecule has 0 bridgehead atoms. The van der Waals surface area contributed by atoms with E-state index in [9.17, 15) is 4.79 Å². The van der Waals surface area contributed by atoms with E-state index in [1.165, 1.54) is 38.5 Å². The molecule has 2 nitrogen and oxygen atoms in total. The van der Waals surface area contributed by atoms with Crippen molar-refractivity contribution >= 4 is 5.91 Å². The molecule has 2 rings (SSSR count). The number of hydrogen-bond donors (Lipinski definition) is 0. The summed E-state index contributed by atoms with van der Waals surface area (Å²) in [5, 5.41) is 0. The molecule has 2 fully saturated rings. The fourth-order valence-corrected chi connectivity index (χ4v) is 3.03. The second kappa shape index (κ2) is 5.00. The van der Waals surface area contributed by atoms with Crippen LogP contribution in [0.25, 0.3) is 0 Å². The summed E-state index contributed by atoms with van der Waals surface area (Å²) < 4.78 is 0. The van der Waals surface area contributed by atoms with Gasteiger partial charge in [-0.15, -0.1) is 0 Å². The van der Waals surface area contributed by atoms with E-state index in [1.807, 2.05) is 0 Å². The second-order valence-corrected chi connectivity index (χ2v) is 5.25. The highest BCUT2D eigenvalue weighted by Gasteiger charge is 2.31. The molecular weight excluding hydrogens is 186 g/mol. The van der Waals surface area contributed by atoms with Gasteiger partial charge in [0.2, 0.25) is 5.91 Å². The molecule has 0 aromatic rings. The summed E-state index contributed by atoms with van der Waals surface area (Å²) in [7, 11) is 0. The molecule has 15 heavy (non-hydrogen) atoms. The highest BCUT2D eigenvalue weighted by molar-refractivity contribution is 5.79. The Labute approximate surface area is 93.0 Å². The number of rotatable bonds is 1. The summed E-state index contributed by atoms with van der Waals surface area (Å²) in [6.07, 6.45) is 8.71. The highest BCUT2D eigenvalue weighted by Crippen LogP contribution is 2.31. The summed E-state index contributed by atoms with van der Waals surface area (Å²) in [4.78, 5) is 14.4. The van der Waals surface area contributed by atoms with Gasteiger partial charge in [-0.3, -0.25) is 4.79 Å². The minimum absolute atomic E-state index is 0.344. The zero-order valence-corrected chi connectivity index (χ0v) is 9.87. The van der Waals surface area contributed by atoms with Gasteiger partial charge in [-0.05, 0) is 38.0 Å². The van der Waals surface area contributed by atoms with E-state index in [1.54, 1.807) is 0 Å². The van der Waals surface area contributed by atoms with E-state index < -0.39 is 0 Å². The van der Waals surface area contributed by atoms with Crippen molar-refractivity contribution in [2.75, 3.05) is 13.1 Å². The van der Waals surface area contributed by atoms with E-state index in [4.69, 9.17) is 0 Å². The lowest BCUT2D eigenvalue weighted by atomic mass is 9.79. The standard InChI is InChI=1S/C13H23NO/c1-11-7-3-4-8-12(11)13(15)14-9-5-2-6-10-14/h11-12H,2-10H2,1H3. The Morgan fingerprint density at radius 1 is 1.00 bits per heavy atom. The molecule has 86 valence electrons. The highest BCUT2D eigenvalue weighted by atomic mass is 16.2. The molecule has 1 saturated carbocycles. The lowest BCUT2D eigenvalue weighted by molar-refractivity contribution is -0.139. The first kappa shape index (κ1) is 11.0. The van der Waals surface area contributed by atoms with E-state index in [0.29, 0.717) is 17.7 Å². The summed E-state index contributed by atoms with van der Waals surface area (Å²) in [5.74, 6) is 1.42. The average molecular weight is 209 g/mol. The monoisotopic (exact) mass is 209 g/mol. The summed E-state index contributed by atoms with van der Waals surface area (Å²) in [5.41, 5.74) is 0. The fourth-order valence-electron chi connectivity index (χ4n) is 3.03. The maximum Gasteiger partial charge on any atom is 0.225 e. The maximum atomic E-state index is 12.3. The normalized spacial score (nSPS) is 32.7. The molecule has 0 spiro atoms. The van der Waals surface area contributed by atoms with Gasteiger partial charge < -0.3 is 4.90 Å². The van der Waals surface area contributed by atoms with Crippen LogP contribution in [0.4, 0.5) is 0 Å². The Morgan fingerprint density at radius 3 is 2.33 bits per heavy atom. The number of piperidine rings is 1. The van der Waals surface area contributed by atoms with Gasteiger partial charge in [-0.2, -0.15) is 0 Å². The largest absolute Gasteiger partial charge is 0.342 e. The van der Waals surface area contributed by atoms with Crippen molar-refractivity contribution in [3.8, 4) is 0 Å². The summed E-state index contributed by atoms with van der Waals surface area (Å²) >= 11 is 0. The molecule has 1 aliphatic heterocycles. The molecule has 2 aliphatic rings. The second-order valence-electron chi connectivity index (χ2n) is 5.25. The number of nitrogens with zero attached hydrogens (tertiary/aromatic N) is 1. The first-order valence-corrected chi connectivity index (χ1v) is 6.58. The Bertz CT molecular complexity index is 221. The van der Waals surface area contributed by atoms with Crippen molar-refractivity contribution in [3.05, 3.63) is 0 Å². The zero-order valence-electron chi connectivity index (χ0n) is 9.87. The Kier molecular flexibility index (Phi) is 3.66. The van der Waals surface area contributed by atoms with Gasteiger partial charge in [0.15, 0.2) is 0 Å². The lowest BCUT2D eigenvalue weighted by Gasteiger charge is -2.34. The lowest BCUT2D eigenvalue weighted by Crippen LogP contribution is -2.42. The van der Waals surface area contributed by atoms with Gasteiger partial charge in [-0.25, -0.2) is 0 Å². The minimum atomic E-state index is 0.344. The topological polar surface area (TPSA) is 20.3 Å². The number of carbonyl (C=O) groups excluding carboxylic acids is 1. The van der Waals surface area contributed by atoms with E-state index in [0.717, 1.165) is 19.5 Å². The molecule has 0 aromatic heterocycles. The van der Waals surface area contributed by atoms with Crippen LogP contribution in [0.3, 0.4) is 0 Å². The predicted molar refractivity (Wildman–Crippen MR) is 61.6 cm³/mol. The van der Waals surface area contributed by atoms with Crippen LogP contribution >= 0.6 is 0 Å². The molecule has 1 heterocycles. The molecule has 0 aromatic carbocycles. The van der Waals surface area contributed by atoms with Crippen LogP contribution in [0.15, 0.2) is 0 Å². The van der Waals surface area contributed by atoms with Gasteiger partial charge in [0.25, 0.3) is 0 Å². The number of hydrogen-bond acceptors (Lipinski definition) is 1. The number of carbonyl (C=O) groups is 1. The third-order valence-electron chi connectivity index (χ3n) is 4.10. The van der Waals surface area contributed by atoms with Crippen molar-refractivity contribution in [1.82, 2.24) is 4.90 Å². The van der Waals surface area contributed by atoms with Gasteiger partial charge >= 0.3 is 0 Å². The first-order chi connectivity index (χ1) is 7.29. The van der Waals surface area contributed by atoms with Crippen LogP contribution < -0.4 is 0 Å². The van der Waals surface area contributed by atoms with Crippen molar-refractivity contribution in [3.63, 3.8) is 0 Å². The SMILES string of the molecule is CC1CCCCC1C(=O)N1CCCCC1. The van der Waals surface area contributed by atoms with Gasteiger partial charge in [0.05, 0.1) is 0 Å². The molecule has 0 N–H and O–H groups in total. The quantitative estimate of drug-likeness (QED) is 0.650. The van der Waals surface area contributed by atoms with E-state index in [2.05, 4.69) is 11.8 Å². The van der Waals surface area contributed by atoms with Crippen molar-refractivity contribution in [1.29, 1.82) is 0 Å². The van der Waals surface area contributed by atoms with Crippen LogP contribution in [0.2, 0.25) is 0 Å². The molecule has 2 atom stereocenters. The minimum Gasteiger partial charge on any atom is -0.342 e. The maximum absolute atomic E-state index is 12.3. The van der Waals surface area contributed by atoms with Crippen LogP contribution in [0.5, 0.6) is 0 Å².